The quantitative estimate of drug-likeness (QED) is 0.481. The summed E-state index contributed by atoms with van der Waals surface area (Å²) in [5, 5.41) is 7.38. The van der Waals surface area contributed by atoms with Crippen LogP contribution in [-0.2, 0) is 0 Å². The van der Waals surface area contributed by atoms with Gasteiger partial charge < -0.3 is 15.8 Å². The van der Waals surface area contributed by atoms with Gasteiger partial charge in [-0.3, -0.25) is 0 Å². The molecule has 1 aromatic carbocycles. The lowest BCUT2D eigenvalue weighted by atomic mass is 10.1. The highest BCUT2D eigenvalue weighted by Crippen LogP contribution is 2.31. The molecule has 160 valence electrons. The SMILES string of the molecule is CC(C)Oc1nc(N[C@@H](C)c2ccc(F)cc2F)cc(-c2c(N)nn3cccnc23)n1. The van der Waals surface area contributed by atoms with E-state index < -0.39 is 17.7 Å². The summed E-state index contributed by atoms with van der Waals surface area (Å²) in [7, 11) is 0. The number of nitrogens with two attached hydrogens (primary N) is 1. The van der Waals surface area contributed by atoms with Gasteiger partial charge in [-0.1, -0.05) is 6.07 Å². The second-order valence-corrected chi connectivity index (χ2v) is 7.27. The van der Waals surface area contributed by atoms with Crippen LogP contribution in [0.4, 0.5) is 20.4 Å². The largest absolute Gasteiger partial charge is 0.461 e. The van der Waals surface area contributed by atoms with E-state index in [9.17, 15) is 8.78 Å². The molecular formula is C21H21F2N7O. The molecule has 3 heterocycles. The number of fused-ring (bicyclic) bond motifs is 1. The molecule has 3 aromatic heterocycles. The van der Waals surface area contributed by atoms with Crippen LogP contribution in [-0.4, -0.2) is 30.7 Å². The summed E-state index contributed by atoms with van der Waals surface area (Å²) < 4.78 is 34.7. The summed E-state index contributed by atoms with van der Waals surface area (Å²) in [6.07, 6.45) is 3.19. The number of anilines is 2. The zero-order valence-corrected chi connectivity index (χ0v) is 17.2. The minimum Gasteiger partial charge on any atom is -0.461 e. The van der Waals surface area contributed by atoms with Crippen LogP contribution in [0.3, 0.4) is 0 Å². The Bertz CT molecular complexity index is 1240. The van der Waals surface area contributed by atoms with Crippen LogP contribution in [0.15, 0.2) is 42.7 Å². The average Bonchev–Trinajstić information content (AvgIpc) is 3.02. The Morgan fingerprint density at radius 1 is 1.13 bits per heavy atom. The van der Waals surface area contributed by atoms with E-state index in [1.165, 1.54) is 12.1 Å². The second kappa shape index (κ2) is 8.13. The van der Waals surface area contributed by atoms with Gasteiger partial charge in [-0.2, -0.15) is 9.97 Å². The number of nitrogen functional groups attached to an aromatic ring is 1. The molecule has 10 heteroatoms. The van der Waals surface area contributed by atoms with E-state index in [0.29, 0.717) is 28.3 Å². The van der Waals surface area contributed by atoms with Crippen molar-refractivity contribution < 1.29 is 13.5 Å². The van der Waals surface area contributed by atoms with Gasteiger partial charge in [0.25, 0.3) is 0 Å². The minimum atomic E-state index is -0.649. The lowest BCUT2D eigenvalue weighted by Gasteiger charge is -2.17. The predicted molar refractivity (Wildman–Crippen MR) is 113 cm³/mol. The van der Waals surface area contributed by atoms with Crippen molar-refractivity contribution in [2.45, 2.75) is 32.9 Å². The monoisotopic (exact) mass is 425 g/mol. The molecule has 4 aromatic rings. The van der Waals surface area contributed by atoms with Crippen molar-refractivity contribution in [3.63, 3.8) is 0 Å². The molecule has 3 N–H and O–H groups in total. The average molecular weight is 425 g/mol. The first-order valence-electron chi connectivity index (χ1n) is 9.68. The van der Waals surface area contributed by atoms with Crippen LogP contribution in [0.2, 0.25) is 0 Å². The summed E-state index contributed by atoms with van der Waals surface area (Å²) in [5.74, 6) is -0.659. The van der Waals surface area contributed by atoms with Gasteiger partial charge >= 0.3 is 6.01 Å². The van der Waals surface area contributed by atoms with Crippen LogP contribution < -0.4 is 15.8 Å². The zero-order valence-electron chi connectivity index (χ0n) is 17.2. The number of nitrogens with zero attached hydrogens (tertiary/aromatic N) is 5. The van der Waals surface area contributed by atoms with Crippen molar-refractivity contribution in [1.82, 2.24) is 24.6 Å². The van der Waals surface area contributed by atoms with Crippen molar-refractivity contribution in [3.8, 4) is 17.3 Å². The lowest BCUT2D eigenvalue weighted by molar-refractivity contribution is 0.223. The second-order valence-electron chi connectivity index (χ2n) is 7.27. The van der Waals surface area contributed by atoms with Gasteiger partial charge in [0.05, 0.1) is 23.4 Å². The predicted octanol–water partition coefficient (Wildman–Crippen LogP) is 4.01. The molecule has 4 rings (SSSR count). The van der Waals surface area contributed by atoms with E-state index in [1.54, 1.807) is 36.0 Å². The number of nitrogens with one attached hydrogen (secondary N) is 1. The van der Waals surface area contributed by atoms with Crippen molar-refractivity contribution in [1.29, 1.82) is 0 Å². The van der Waals surface area contributed by atoms with Crippen LogP contribution in [0.5, 0.6) is 6.01 Å². The fraction of sp³-hybridized carbons (Fsp3) is 0.238. The number of halogens is 2. The number of ether oxygens (including phenoxy) is 1. The topological polar surface area (TPSA) is 103 Å². The maximum atomic E-state index is 14.2. The van der Waals surface area contributed by atoms with Crippen molar-refractivity contribution in [2.75, 3.05) is 11.1 Å². The van der Waals surface area contributed by atoms with E-state index in [4.69, 9.17) is 10.5 Å². The molecule has 0 saturated carbocycles. The number of rotatable bonds is 6. The maximum absolute atomic E-state index is 14.2. The molecule has 0 saturated heterocycles. The number of hydrogen-bond acceptors (Lipinski definition) is 7. The summed E-state index contributed by atoms with van der Waals surface area (Å²) in [5.41, 5.74) is 7.93. The molecule has 0 spiro atoms. The maximum Gasteiger partial charge on any atom is 0.319 e. The normalized spacial score (nSPS) is 12.3. The molecule has 0 radical (unpaired) electrons. The Kier molecular flexibility index (Phi) is 5.37. The van der Waals surface area contributed by atoms with Crippen LogP contribution in [0.1, 0.15) is 32.4 Å². The van der Waals surface area contributed by atoms with Crippen molar-refractivity contribution in [2.24, 2.45) is 0 Å². The molecule has 0 aliphatic carbocycles. The van der Waals surface area contributed by atoms with Gasteiger partial charge in [0.1, 0.15) is 17.5 Å². The fourth-order valence-corrected chi connectivity index (χ4v) is 3.19. The van der Waals surface area contributed by atoms with Gasteiger partial charge in [-0.25, -0.2) is 18.3 Å². The molecule has 0 unspecified atom stereocenters. The molecule has 0 aliphatic rings. The Hall–Kier alpha value is -3.82. The zero-order chi connectivity index (χ0) is 22.1. The van der Waals surface area contributed by atoms with Crippen LogP contribution in [0.25, 0.3) is 16.9 Å². The number of benzene rings is 1. The Labute approximate surface area is 177 Å². The third kappa shape index (κ3) is 4.23. The Morgan fingerprint density at radius 3 is 2.68 bits per heavy atom. The molecule has 0 aliphatic heterocycles. The first-order valence-corrected chi connectivity index (χ1v) is 9.68. The fourth-order valence-electron chi connectivity index (χ4n) is 3.19. The summed E-state index contributed by atoms with van der Waals surface area (Å²) in [6, 6.07) is 6.46. The first kappa shape index (κ1) is 20.5. The third-order valence-electron chi connectivity index (χ3n) is 4.52. The van der Waals surface area contributed by atoms with E-state index in [1.807, 2.05) is 13.8 Å². The Morgan fingerprint density at radius 2 is 1.94 bits per heavy atom. The molecule has 0 amide bonds. The van der Waals surface area contributed by atoms with Gasteiger partial charge in [0, 0.05) is 30.1 Å². The van der Waals surface area contributed by atoms with Gasteiger partial charge in [0.2, 0.25) is 0 Å². The van der Waals surface area contributed by atoms with E-state index in [-0.39, 0.29) is 17.9 Å². The van der Waals surface area contributed by atoms with Crippen LogP contribution in [0, 0.1) is 11.6 Å². The lowest BCUT2D eigenvalue weighted by Crippen LogP contribution is -2.13. The third-order valence-corrected chi connectivity index (χ3v) is 4.52. The molecule has 0 fully saturated rings. The van der Waals surface area contributed by atoms with E-state index in [0.717, 1.165) is 6.07 Å². The van der Waals surface area contributed by atoms with E-state index in [2.05, 4.69) is 25.4 Å². The van der Waals surface area contributed by atoms with Gasteiger partial charge in [-0.05, 0) is 32.9 Å². The highest BCUT2D eigenvalue weighted by Gasteiger charge is 2.19. The standard InChI is InChI=1S/C21H21F2N7O/c1-11(2)31-21-27-16(18-19(24)29-30-8-4-7-25-20(18)30)10-17(28-21)26-12(3)14-6-5-13(22)9-15(14)23/h4-12H,1-3H3,(H2,24,29)(H,26,27,28)/t12-/m0/s1. The van der Waals surface area contributed by atoms with Crippen LogP contribution >= 0.6 is 0 Å². The molecule has 8 nitrogen and oxygen atoms in total. The van der Waals surface area contributed by atoms with E-state index >= 15 is 0 Å². The summed E-state index contributed by atoms with van der Waals surface area (Å²) in [6.45, 7) is 5.45. The molecule has 1 atom stereocenters. The van der Waals surface area contributed by atoms with Gasteiger partial charge in [0.15, 0.2) is 11.5 Å². The van der Waals surface area contributed by atoms with Crippen molar-refractivity contribution >= 4 is 17.3 Å². The first-order chi connectivity index (χ1) is 14.8. The number of aromatic nitrogens is 5. The van der Waals surface area contributed by atoms with Gasteiger partial charge in [-0.15, -0.1) is 5.10 Å². The summed E-state index contributed by atoms with van der Waals surface area (Å²) in [4.78, 5) is 13.2. The molecule has 31 heavy (non-hydrogen) atoms. The van der Waals surface area contributed by atoms with Crippen molar-refractivity contribution in [3.05, 3.63) is 59.9 Å². The summed E-state index contributed by atoms with van der Waals surface area (Å²) >= 11 is 0. The Balaban J connectivity index is 1.77. The highest BCUT2D eigenvalue weighted by molar-refractivity contribution is 5.85. The highest BCUT2D eigenvalue weighted by atomic mass is 19.1. The molecule has 0 bridgehead atoms. The molecular weight excluding hydrogens is 404 g/mol. The number of hydrogen-bond donors (Lipinski definition) is 2. The minimum absolute atomic E-state index is 0.122. The smallest absolute Gasteiger partial charge is 0.319 e.